The number of aromatic nitrogens is 2. The minimum atomic E-state index is -2.97. The molecule has 48 heavy (non-hydrogen) atoms. The van der Waals surface area contributed by atoms with Gasteiger partial charge in [-0.2, -0.15) is 4.36 Å². The molecule has 254 valence electrons. The van der Waals surface area contributed by atoms with Crippen LogP contribution in [0.5, 0.6) is 5.75 Å². The number of piperidine rings is 1. The quantitative estimate of drug-likeness (QED) is 0.153. The zero-order valence-electron chi connectivity index (χ0n) is 26.7. The van der Waals surface area contributed by atoms with E-state index in [2.05, 4.69) is 34.6 Å². The van der Waals surface area contributed by atoms with Crippen molar-refractivity contribution in [1.82, 2.24) is 19.8 Å². The Morgan fingerprint density at radius 3 is 2.56 bits per heavy atom. The lowest BCUT2D eigenvalue weighted by Crippen LogP contribution is -2.62. The van der Waals surface area contributed by atoms with Crippen molar-refractivity contribution in [3.05, 3.63) is 76.4 Å². The van der Waals surface area contributed by atoms with E-state index in [1.807, 2.05) is 0 Å². The molecule has 2 amide bonds. The molecular formula is C32H37F2N9O4S. The summed E-state index contributed by atoms with van der Waals surface area (Å²) >= 11 is 0. The molecule has 2 aliphatic rings. The second kappa shape index (κ2) is 15.5. The van der Waals surface area contributed by atoms with Crippen LogP contribution in [-0.4, -0.2) is 87.9 Å². The fraction of sp³-hybridized carbons (Fsp3) is 0.438. The molecule has 3 aromatic rings. The van der Waals surface area contributed by atoms with E-state index >= 15 is 0 Å². The monoisotopic (exact) mass is 681 g/mol. The van der Waals surface area contributed by atoms with E-state index in [4.69, 9.17) is 10.3 Å². The van der Waals surface area contributed by atoms with Gasteiger partial charge in [-0.1, -0.05) is 5.11 Å². The Labute approximate surface area is 277 Å². The number of hydrogen-bond acceptors (Lipinski definition) is 9. The molecule has 0 bridgehead atoms. The van der Waals surface area contributed by atoms with Gasteiger partial charge >= 0.3 is 0 Å². The van der Waals surface area contributed by atoms with Crippen molar-refractivity contribution in [2.24, 2.45) is 15.4 Å². The lowest BCUT2D eigenvalue weighted by atomic mass is 9.94. The number of benzene rings is 1. The molecule has 16 heteroatoms. The van der Waals surface area contributed by atoms with Gasteiger partial charge in [-0.15, -0.1) is 0 Å². The molecule has 13 nitrogen and oxygen atoms in total. The number of likely N-dealkylation sites (tertiary alicyclic amines) is 2. The fourth-order valence-electron chi connectivity index (χ4n) is 5.88. The van der Waals surface area contributed by atoms with Crippen molar-refractivity contribution in [3.63, 3.8) is 0 Å². The Hall–Kier alpha value is -4.66. The molecule has 5 rings (SSSR count). The van der Waals surface area contributed by atoms with Gasteiger partial charge < -0.3 is 15.0 Å². The van der Waals surface area contributed by atoms with E-state index in [1.54, 1.807) is 17.0 Å². The Kier molecular flexibility index (Phi) is 11.2. The van der Waals surface area contributed by atoms with Crippen LogP contribution in [0.25, 0.3) is 21.6 Å². The number of carbonyl (C=O) groups excluding carboxylic acids is 2. The van der Waals surface area contributed by atoms with Crippen LogP contribution in [-0.2, 0) is 25.1 Å². The summed E-state index contributed by atoms with van der Waals surface area (Å²) in [6.07, 6.45) is 5.71. The van der Waals surface area contributed by atoms with Crippen molar-refractivity contribution in [3.8, 4) is 16.9 Å². The van der Waals surface area contributed by atoms with Gasteiger partial charge in [0.15, 0.2) is 0 Å². The number of hydrogen-bond donors (Lipinski definition) is 1. The first-order valence-electron chi connectivity index (χ1n) is 15.5. The number of ether oxygens (including phenoxy) is 1. The highest BCUT2D eigenvalue weighted by molar-refractivity contribution is 7.92. The second-order valence-corrected chi connectivity index (χ2v) is 14.4. The first-order valence-corrected chi connectivity index (χ1v) is 17.6. The van der Waals surface area contributed by atoms with Crippen molar-refractivity contribution in [1.29, 1.82) is 0 Å². The van der Waals surface area contributed by atoms with Crippen LogP contribution in [0.2, 0.25) is 0 Å². The van der Waals surface area contributed by atoms with E-state index in [0.29, 0.717) is 48.5 Å². The van der Waals surface area contributed by atoms with E-state index in [-0.39, 0.29) is 41.6 Å². The summed E-state index contributed by atoms with van der Waals surface area (Å²) in [5.41, 5.74) is 9.58. The molecule has 1 unspecified atom stereocenters. The lowest BCUT2D eigenvalue weighted by Gasteiger charge is -2.47. The summed E-state index contributed by atoms with van der Waals surface area (Å²) < 4.78 is 50.8. The third kappa shape index (κ3) is 9.02. The minimum absolute atomic E-state index is 0.00140. The first kappa shape index (κ1) is 34.7. The molecule has 2 aliphatic heterocycles. The number of amides is 2. The fourth-order valence-corrected chi connectivity index (χ4v) is 7.27. The normalized spacial score (nSPS) is 16.7. The van der Waals surface area contributed by atoms with Gasteiger partial charge in [0, 0.05) is 73.1 Å². The summed E-state index contributed by atoms with van der Waals surface area (Å²) in [5, 5.41) is 6.67. The van der Waals surface area contributed by atoms with Gasteiger partial charge in [0.1, 0.15) is 29.0 Å². The molecule has 4 heterocycles. The highest BCUT2D eigenvalue weighted by Gasteiger charge is 2.36. The Morgan fingerprint density at radius 1 is 1.08 bits per heavy atom. The van der Waals surface area contributed by atoms with Crippen molar-refractivity contribution in [2.45, 2.75) is 37.5 Å². The maximum absolute atomic E-state index is 14.7. The number of halogens is 2. The predicted molar refractivity (Wildman–Crippen MR) is 177 cm³/mol. The van der Waals surface area contributed by atoms with E-state index in [9.17, 15) is 22.6 Å². The van der Waals surface area contributed by atoms with Gasteiger partial charge in [0.05, 0.1) is 28.8 Å². The molecule has 1 atom stereocenters. The van der Waals surface area contributed by atoms with Crippen LogP contribution < -0.4 is 10.1 Å². The Bertz CT molecular complexity index is 1830. The zero-order valence-corrected chi connectivity index (χ0v) is 27.5. The summed E-state index contributed by atoms with van der Waals surface area (Å²) in [5.74, 6) is -0.754. The Morgan fingerprint density at radius 2 is 1.83 bits per heavy atom. The molecular weight excluding hydrogens is 644 g/mol. The van der Waals surface area contributed by atoms with Crippen LogP contribution >= 0.6 is 0 Å². The number of rotatable bonds is 12. The summed E-state index contributed by atoms with van der Waals surface area (Å²) in [4.78, 5) is 40.5. The topological polar surface area (TPSA) is 166 Å². The molecule has 2 saturated heterocycles. The van der Waals surface area contributed by atoms with Crippen molar-refractivity contribution >= 4 is 33.2 Å². The molecule has 2 aromatic heterocycles. The van der Waals surface area contributed by atoms with E-state index in [1.165, 1.54) is 37.8 Å². The highest BCUT2D eigenvalue weighted by Crippen LogP contribution is 2.34. The summed E-state index contributed by atoms with van der Waals surface area (Å²) in [6, 6.07) is 8.79. The molecule has 1 N–H and O–H groups in total. The third-order valence-corrected chi connectivity index (χ3v) is 9.91. The molecule has 0 saturated carbocycles. The van der Waals surface area contributed by atoms with Gasteiger partial charge in [-0.05, 0) is 73.3 Å². The van der Waals surface area contributed by atoms with Crippen LogP contribution in [0.1, 0.15) is 31.2 Å². The lowest BCUT2D eigenvalue weighted by molar-refractivity contribution is -0.140. The minimum Gasteiger partial charge on any atom is -0.496 e. The summed E-state index contributed by atoms with van der Waals surface area (Å²) in [7, 11) is -1.61. The number of pyridine rings is 2. The van der Waals surface area contributed by atoms with Crippen LogP contribution in [0, 0.1) is 17.6 Å². The highest BCUT2D eigenvalue weighted by atomic mass is 32.2. The van der Waals surface area contributed by atoms with Crippen molar-refractivity contribution < 1.29 is 27.3 Å². The largest absolute Gasteiger partial charge is 0.496 e. The average molecular weight is 682 g/mol. The number of azide groups is 1. The second-order valence-electron chi connectivity index (χ2n) is 12.0. The van der Waals surface area contributed by atoms with Crippen LogP contribution in [0.15, 0.2) is 58.3 Å². The number of nitrogens with one attached hydrogen (secondary N) is 1. The van der Waals surface area contributed by atoms with Crippen LogP contribution in [0.3, 0.4) is 0 Å². The van der Waals surface area contributed by atoms with Gasteiger partial charge in [-0.3, -0.25) is 14.5 Å². The molecule has 0 spiro atoms. The average Bonchev–Trinajstić information content (AvgIpc) is 3.03. The van der Waals surface area contributed by atoms with Crippen LogP contribution in [0.4, 0.5) is 20.4 Å². The van der Waals surface area contributed by atoms with E-state index < -0.39 is 27.3 Å². The maximum atomic E-state index is 14.7. The predicted octanol–water partition coefficient (Wildman–Crippen LogP) is 5.31. The zero-order chi connectivity index (χ0) is 34.3. The summed E-state index contributed by atoms with van der Waals surface area (Å²) in [6.45, 7) is 3.57. The number of carbonyl (C=O) groups is 2. The van der Waals surface area contributed by atoms with Gasteiger partial charge in [-0.25, -0.2) is 23.0 Å². The number of anilines is 2. The van der Waals surface area contributed by atoms with E-state index in [0.717, 1.165) is 38.2 Å². The molecule has 0 aliphatic carbocycles. The molecule has 1 aromatic carbocycles. The maximum Gasteiger partial charge on any atom is 0.254 e. The third-order valence-electron chi connectivity index (χ3n) is 8.46. The van der Waals surface area contributed by atoms with Crippen molar-refractivity contribution in [2.75, 3.05) is 51.4 Å². The smallest absolute Gasteiger partial charge is 0.254 e. The SMILES string of the molecule is COc1cc(F)ccc1-c1cc(Nc2cc(CS(C)(=O)=NC(=O)CCC(=O)N3CC(N4CCC(CN=[N+]=[N-])CC4)C3)ccn2)ncc1F. The molecule has 0 radical (unpaired) electrons. The first-order chi connectivity index (χ1) is 23.0. The number of nitrogens with zero attached hydrogens (tertiary/aromatic N) is 8. The standard InChI is InChI=1S/C32H37F2N9O4S/c1-47-28-14-23(33)3-4-25(28)26-15-30(37-17-27(26)34)39-29-13-22(7-10-36-29)20-48(2,46)40-31(44)5-6-32(45)43-18-24(19-43)42-11-8-21(9-12-42)16-38-41-35/h3-4,7,10,13-15,17,21,24H,5-6,8-9,11-12,16,18-20H2,1-2H3,(H,36,37,39). The van der Waals surface area contributed by atoms with Gasteiger partial charge in [0.2, 0.25) is 5.91 Å². The molecule has 2 fully saturated rings. The number of methoxy groups -OCH3 is 1. The Balaban J connectivity index is 1.12. The van der Waals surface area contributed by atoms with Gasteiger partial charge in [0.25, 0.3) is 5.91 Å².